The molecule has 0 spiro atoms. The third-order valence-electron chi connectivity index (χ3n) is 2.86. The molecule has 1 aromatic heterocycles. The number of ether oxygens (including phenoxy) is 1. The van der Waals surface area contributed by atoms with Gasteiger partial charge >= 0.3 is 0 Å². The third-order valence-corrected chi connectivity index (χ3v) is 4.01. The second-order valence-corrected chi connectivity index (χ2v) is 6.54. The van der Waals surface area contributed by atoms with Crippen LogP contribution in [0.1, 0.15) is 16.8 Å². The molecule has 23 heavy (non-hydrogen) atoms. The minimum Gasteiger partial charge on any atom is -0.492 e. The Kier molecular flexibility index (Phi) is 7.16. The lowest BCUT2D eigenvalue weighted by atomic mass is 10.3. The van der Waals surface area contributed by atoms with E-state index in [9.17, 15) is 0 Å². The van der Waals surface area contributed by atoms with Crippen LogP contribution in [0.3, 0.4) is 0 Å². The van der Waals surface area contributed by atoms with E-state index in [0.717, 1.165) is 23.3 Å². The molecule has 0 aliphatic rings. The molecule has 0 radical (unpaired) electrons. The molecular formula is C16H21ClN4OS. The molecule has 0 aliphatic carbocycles. The van der Waals surface area contributed by atoms with Crippen LogP contribution >= 0.6 is 22.9 Å². The van der Waals surface area contributed by atoms with Gasteiger partial charge in [-0.15, -0.1) is 11.3 Å². The van der Waals surface area contributed by atoms with E-state index in [2.05, 4.69) is 20.6 Å². The molecule has 0 unspecified atom stereocenters. The van der Waals surface area contributed by atoms with Gasteiger partial charge in [0.2, 0.25) is 0 Å². The SMILES string of the molecule is CCNC(=NCc1ncc(C)s1)NCCOc1ccc(Cl)cc1. The molecule has 0 fully saturated rings. The molecule has 1 heterocycles. The average molecular weight is 353 g/mol. The monoisotopic (exact) mass is 352 g/mol. The van der Waals surface area contributed by atoms with Crippen LogP contribution in [0.4, 0.5) is 0 Å². The van der Waals surface area contributed by atoms with E-state index in [1.165, 1.54) is 4.88 Å². The van der Waals surface area contributed by atoms with E-state index in [1.807, 2.05) is 44.3 Å². The maximum Gasteiger partial charge on any atom is 0.191 e. The molecule has 2 rings (SSSR count). The van der Waals surface area contributed by atoms with Crippen LogP contribution in [0, 0.1) is 6.92 Å². The number of aliphatic imine (C=N–C) groups is 1. The average Bonchev–Trinajstić information content (AvgIpc) is 2.96. The predicted octanol–water partition coefficient (Wildman–Crippen LogP) is 3.24. The van der Waals surface area contributed by atoms with E-state index in [1.54, 1.807) is 11.3 Å². The Balaban J connectivity index is 1.76. The van der Waals surface area contributed by atoms with Crippen molar-refractivity contribution in [1.29, 1.82) is 0 Å². The predicted molar refractivity (Wildman–Crippen MR) is 96.6 cm³/mol. The summed E-state index contributed by atoms with van der Waals surface area (Å²) in [6, 6.07) is 7.33. The summed E-state index contributed by atoms with van der Waals surface area (Å²) in [5.74, 6) is 1.57. The third kappa shape index (κ3) is 6.46. The van der Waals surface area contributed by atoms with Crippen LogP contribution in [-0.2, 0) is 6.54 Å². The van der Waals surface area contributed by atoms with E-state index in [0.29, 0.717) is 24.7 Å². The molecule has 0 amide bonds. The van der Waals surface area contributed by atoms with Crippen LogP contribution in [0.15, 0.2) is 35.5 Å². The normalized spacial score (nSPS) is 11.3. The van der Waals surface area contributed by atoms with Gasteiger partial charge in [0.25, 0.3) is 0 Å². The second-order valence-electron chi connectivity index (χ2n) is 4.79. The molecule has 0 saturated heterocycles. The Labute approximate surface area is 145 Å². The Hall–Kier alpha value is -1.79. The lowest BCUT2D eigenvalue weighted by Crippen LogP contribution is -2.39. The smallest absolute Gasteiger partial charge is 0.191 e. The lowest BCUT2D eigenvalue weighted by Gasteiger charge is -2.11. The van der Waals surface area contributed by atoms with Crippen LogP contribution in [0.25, 0.3) is 0 Å². The summed E-state index contributed by atoms with van der Waals surface area (Å²) in [4.78, 5) is 10.0. The number of nitrogens with zero attached hydrogens (tertiary/aromatic N) is 2. The van der Waals surface area contributed by atoms with Crippen molar-refractivity contribution in [1.82, 2.24) is 15.6 Å². The largest absolute Gasteiger partial charge is 0.492 e. The summed E-state index contributed by atoms with van der Waals surface area (Å²) in [5, 5.41) is 8.17. The van der Waals surface area contributed by atoms with Crippen LogP contribution < -0.4 is 15.4 Å². The Morgan fingerprint density at radius 3 is 2.74 bits per heavy atom. The molecule has 2 aromatic rings. The van der Waals surface area contributed by atoms with Crippen molar-refractivity contribution in [2.75, 3.05) is 19.7 Å². The van der Waals surface area contributed by atoms with Crippen molar-refractivity contribution in [3.63, 3.8) is 0 Å². The van der Waals surface area contributed by atoms with Gasteiger partial charge in [-0.05, 0) is 38.1 Å². The number of benzene rings is 1. The second kappa shape index (κ2) is 9.37. The van der Waals surface area contributed by atoms with Crippen molar-refractivity contribution >= 4 is 28.9 Å². The highest BCUT2D eigenvalue weighted by atomic mass is 35.5. The number of nitrogens with one attached hydrogen (secondary N) is 2. The number of rotatable bonds is 7. The van der Waals surface area contributed by atoms with Crippen molar-refractivity contribution in [3.05, 3.63) is 45.4 Å². The lowest BCUT2D eigenvalue weighted by molar-refractivity contribution is 0.322. The zero-order valence-electron chi connectivity index (χ0n) is 13.3. The van der Waals surface area contributed by atoms with Gasteiger partial charge in [-0.2, -0.15) is 0 Å². The summed E-state index contributed by atoms with van der Waals surface area (Å²) in [6.07, 6.45) is 1.87. The molecule has 7 heteroatoms. The molecule has 0 bridgehead atoms. The summed E-state index contributed by atoms with van der Waals surface area (Å²) >= 11 is 7.51. The summed E-state index contributed by atoms with van der Waals surface area (Å²) in [7, 11) is 0. The van der Waals surface area contributed by atoms with Crippen LogP contribution in [0.2, 0.25) is 5.02 Å². The number of hydrogen-bond donors (Lipinski definition) is 2. The Morgan fingerprint density at radius 2 is 2.09 bits per heavy atom. The molecule has 5 nitrogen and oxygen atoms in total. The number of aryl methyl sites for hydroxylation is 1. The molecule has 0 aliphatic heterocycles. The van der Waals surface area contributed by atoms with Gasteiger partial charge in [0.05, 0.1) is 13.1 Å². The first-order valence-electron chi connectivity index (χ1n) is 7.49. The molecular weight excluding hydrogens is 332 g/mol. The Morgan fingerprint density at radius 1 is 1.30 bits per heavy atom. The maximum atomic E-state index is 5.84. The first-order chi connectivity index (χ1) is 11.2. The van der Waals surface area contributed by atoms with Gasteiger partial charge in [-0.1, -0.05) is 11.6 Å². The van der Waals surface area contributed by atoms with Gasteiger partial charge in [0.15, 0.2) is 5.96 Å². The number of thiazole rings is 1. The van der Waals surface area contributed by atoms with E-state index < -0.39 is 0 Å². The van der Waals surface area contributed by atoms with Crippen LogP contribution in [0.5, 0.6) is 5.75 Å². The summed E-state index contributed by atoms with van der Waals surface area (Å²) < 4.78 is 5.64. The highest BCUT2D eigenvalue weighted by Crippen LogP contribution is 2.15. The fourth-order valence-corrected chi connectivity index (χ4v) is 2.67. The summed E-state index contributed by atoms with van der Waals surface area (Å²) in [6.45, 7) is 6.66. The first-order valence-corrected chi connectivity index (χ1v) is 8.68. The Bertz CT molecular complexity index is 627. The van der Waals surface area contributed by atoms with E-state index in [4.69, 9.17) is 16.3 Å². The number of halogens is 1. The minimum atomic E-state index is 0.544. The van der Waals surface area contributed by atoms with Gasteiger partial charge in [-0.3, -0.25) is 0 Å². The highest BCUT2D eigenvalue weighted by Gasteiger charge is 2.01. The topological polar surface area (TPSA) is 58.5 Å². The fourth-order valence-electron chi connectivity index (χ4n) is 1.83. The van der Waals surface area contributed by atoms with Gasteiger partial charge < -0.3 is 15.4 Å². The van der Waals surface area contributed by atoms with Gasteiger partial charge in [-0.25, -0.2) is 9.98 Å². The highest BCUT2D eigenvalue weighted by molar-refractivity contribution is 7.11. The quantitative estimate of drug-likeness (QED) is 0.456. The number of aromatic nitrogens is 1. The molecule has 1 aromatic carbocycles. The van der Waals surface area contributed by atoms with Gasteiger partial charge in [0, 0.05) is 22.6 Å². The van der Waals surface area contributed by atoms with Gasteiger partial charge in [0.1, 0.15) is 17.4 Å². The zero-order chi connectivity index (χ0) is 16.5. The number of hydrogen-bond acceptors (Lipinski definition) is 4. The van der Waals surface area contributed by atoms with E-state index in [-0.39, 0.29) is 0 Å². The standard InChI is InChI=1S/C16H21ClN4OS/c1-3-18-16(21-11-15-20-10-12(2)23-15)19-8-9-22-14-6-4-13(17)5-7-14/h4-7,10H,3,8-9,11H2,1-2H3,(H2,18,19,21). The molecule has 0 saturated carbocycles. The van der Waals surface area contributed by atoms with Crippen molar-refractivity contribution < 1.29 is 4.74 Å². The number of guanidine groups is 1. The van der Waals surface area contributed by atoms with Crippen molar-refractivity contribution in [3.8, 4) is 5.75 Å². The van der Waals surface area contributed by atoms with Crippen LogP contribution in [-0.4, -0.2) is 30.6 Å². The van der Waals surface area contributed by atoms with Crippen molar-refractivity contribution in [2.24, 2.45) is 4.99 Å². The zero-order valence-corrected chi connectivity index (χ0v) is 14.9. The molecule has 0 atom stereocenters. The maximum absolute atomic E-state index is 5.84. The fraction of sp³-hybridized carbons (Fsp3) is 0.375. The molecule has 124 valence electrons. The van der Waals surface area contributed by atoms with E-state index >= 15 is 0 Å². The minimum absolute atomic E-state index is 0.544. The first kappa shape index (κ1) is 17.6. The van der Waals surface area contributed by atoms with Crippen molar-refractivity contribution in [2.45, 2.75) is 20.4 Å². The molecule has 2 N–H and O–H groups in total. The summed E-state index contributed by atoms with van der Waals surface area (Å²) in [5.41, 5.74) is 0.